The summed E-state index contributed by atoms with van der Waals surface area (Å²) in [6.07, 6.45) is -13.0. The van der Waals surface area contributed by atoms with Gasteiger partial charge >= 0.3 is 26.9 Å². The molecule has 0 aliphatic carbocycles. The van der Waals surface area contributed by atoms with Gasteiger partial charge < -0.3 is 9.05 Å². The van der Waals surface area contributed by atoms with E-state index in [2.05, 4.69) is 13.6 Å². The average molecular weight is 308 g/mol. The van der Waals surface area contributed by atoms with Gasteiger partial charge in [0.05, 0.1) is 6.61 Å². The van der Waals surface area contributed by atoms with Gasteiger partial charge in [0.2, 0.25) is 0 Å². The predicted octanol–water partition coefficient (Wildman–Crippen LogP) is 3.41. The summed E-state index contributed by atoms with van der Waals surface area (Å²) < 4.78 is 108. The smallest absolute Gasteiger partial charge is 0.309 e. The van der Waals surface area contributed by atoms with Gasteiger partial charge in [0.15, 0.2) is 6.10 Å². The summed E-state index contributed by atoms with van der Waals surface area (Å²) in [6.45, 7) is -3.17. The van der Waals surface area contributed by atoms with Crippen molar-refractivity contribution >= 4 is 8.60 Å². The maximum atomic E-state index is 12.3. The maximum absolute atomic E-state index is 12.3. The van der Waals surface area contributed by atoms with Crippen LogP contribution in [0.25, 0.3) is 0 Å². The summed E-state index contributed by atoms with van der Waals surface area (Å²) >= 11 is 0. The van der Waals surface area contributed by atoms with Crippen molar-refractivity contribution in [3.05, 3.63) is 0 Å². The van der Waals surface area contributed by atoms with E-state index in [1.807, 2.05) is 0 Å². The molecule has 0 saturated carbocycles. The third kappa shape index (κ3) is 3.87. The molecule has 2 unspecified atom stereocenters. The van der Waals surface area contributed by atoms with Gasteiger partial charge in [-0.1, -0.05) is 0 Å². The maximum Gasteiger partial charge on any atom is 0.455 e. The van der Waals surface area contributed by atoms with Crippen LogP contribution in [0.15, 0.2) is 0 Å². The van der Waals surface area contributed by atoms with Crippen LogP contribution in [0.1, 0.15) is 0 Å². The van der Waals surface area contributed by atoms with Gasteiger partial charge in [0.25, 0.3) is 0 Å². The second kappa shape index (κ2) is 5.03. The van der Waals surface area contributed by atoms with E-state index in [0.717, 1.165) is 0 Å². The Balaban J connectivity index is 2.43. The summed E-state index contributed by atoms with van der Waals surface area (Å²) in [5.41, 5.74) is 0. The molecule has 0 bridgehead atoms. The number of alkyl halides is 8. The molecule has 1 aliphatic heterocycles. The van der Waals surface area contributed by atoms with Gasteiger partial charge in [0, 0.05) is 0 Å². The number of rotatable bonds is 3. The van der Waals surface area contributed by atoms with Crippen molar-refractivity contribution < 1.29 is 48.7 Å². The van der Waals surface area contributed by atoms with Crippen LogP contribution in [0, 0.1) is 0 Å². The highest BCUT2D eigenvalue weighted by Gasteiger charge is 2.58. The molecule has 12 heteroatoms. The Labute approximate surface area is 96.0 Å². The predicted molar refractivity (Wildman–Crippen MR) is 40.8 cm³/mol. The molecule has 3 nitrogen and oxygen atoms in total. The third-order valence-corrected chi connectivity index (χ3v) is 2.80. The Hall–Kier alpha value is -0.250. The molecule has 0 amide bonds. The fourth-order valence-corrected chi connectivity index (χ4v) is 1.84. The third-order valence-electron chi connectivity index (χ3n) is 1.68. The highest BCUT2D eigenvalue weighted by atomic mass is 31.2. The molecule has 0 aromatic carbocycles. The van der Waals surface area contributed by atoms with Crippen molar-refractivity contribution in [1.29, 1.82) is 0 Å². The first kappa shape index (κ1) is 15.8. The highest BCUT2D eigenvalue weighted by Crippen LogP contribution is 2.51. The van der Waals surface area contributed by atoms with Crippen molar-refractivity contribution in [1.82, 2.24) is 0 Å². The minimum absolute atomic E-state index is 1.01. The minimum Gasteiger partial charge on any atom is -0.309 e. The summed E-state index contributed by atoms with van der Waals surface area (Å²) in [7, 11) is -2.86. The Kier molecular flexibility index (Phi) is 4.41. The van der Waals surface area contributed by atoms with E-state index in [-0.39, 0.29) is 0 Å². The molecule has 1 fully saturated rings. The molecular weight excluding hydrogens is 303 g/mol. The first-order valence-corrected chi connectivity index (χ1v) is 5.27. The molecule has 1 rings (SSSR count). The van der Waals surface area contributed by atoms with Gasteiger partial charge in [-0.3, -0.25) is 4.52 Å². The molecule has 1 saturated heterocycles. The number of halogens is 8. The monoisotopic (exact) mass is 308 g/mol. The lowest BCUT2D eigenvalue weighted by atomic mass is 10.3. The largest absolute Gasteiger partial charge is 0.455 e. The summed E-state index contributed by atoms with van der Waals surface area (Å²) in [5.74, 6) is -5.18. The lowest BCUT2D eigenvalue weighted by Crippen LogP contribution is -2.40. The van der Waals surface area contributed by atoms with Crippen molar-refractivity contribution in [2.24, 2.45) is 0 Å². The Morgan fingerprint density at radius 3 is 2.00 bits per heavy atom. The Bertz CT molecular complexity index is 290. The van der Waals surface area contributed by atoms with Crippen LogP contribution in [-0.4, -0.2) is 37.6 Å². The van der Waals surface area contributed by atoms with Gasteiger partial charge in [-0.25, -0.2) is 0 Å². The second-order valence-corrected chi connectivity index (χ2v) is 4.31. The normalized spacial score (nSPS) is 26.7. The minimum atomic E-state index is -5.86. The van der Waals surface area contributed by atoms with E-state index < -0.39 is 46.2 Å². The van der Waals surface area contributed by atoms with Crippen molar-refractivity contribution in [2.75, 3.05) is 13.2 Å². The molecular formula is C6H5F8O3P. The molecule has 0 radical (unpaired) electrons. The van der Waals surface area contributed by atoms with E-state index in [1.54, 1.807) is 0 Å². The molecule has 0 spiro atoms. The molecule has 0 N–H and O–H groups in total. The highest BCUT2D eigenvalue weighted by molar-refractivity contribution is 7.42. The van der Waals surface area contributed by atoms with Gasteiger partial charge in [-0.05, 0) is 0 Å². The topological polar surface area (TPSA) is 27.7 Å². The van der Waals surface area contributed by atoms with Crippen LogP contribution in [0.5, 0.6) is 0 Å². The van der Waals surface area contributed by atoms with Gasteiger partial charge in [-0.2, -0.15) is 35.1 Å². The zero-order chi connectivity index (χ0) is 14.2. The van der Waals surface area contributed by atoms with Crippen molar-refractivity contribution in [2.45, 2.75) is 24.4 Å². The van der Waals surface area contributed by atoms with E-state index in [4.69, 9.17) is 0 Å². The first-order chi connectivity index (χ1) is 7.93. The molecule has 2 atom stereocenters. The van der Waals surface area contributed by atoms with Crippen LogP contribution >= 0.6 is 8.60 Å². The zero-order valence-electron chi connectivity index (χ0n) is 8.19. The molecule has 0 aromatic heterocycles. The fraction of sp³-hybridized carbons (Fsp3) is 1.00. The standard InChI is InChI=1S/C6H5F8O3P/c7-4(8,6(12,13)14)2-16-18-15-1-3(17-18)5(9,10)11/h3H,1-2H2. The number of hydrogen-bond donors (Lipinski definition) is 0. The fourth-order valence-electron chi connectivity index (χ4n) is 0.731. The quantitative estimate of drug-likeness (QED) is 0.591. The molecule has 18 heavy (non-hydrogen) atoms. The van der Waals surface area contributed by atoms with E-state index in [0.29, 0.717) is 0 Å². The lowest BCUT2D eigenvalue weighted by Gasteiger charge is -2.20. The molecule has 0 aromatic rings. The van der Waals surface area contributed by atoms with Crippen LogP contribution in [-0.2, 0) is 13.6 Å². The number of hydrogen-bond acceptors (Lipinski definition) is 3. The van der Waals surface area contributed by atoms with Crippen LogP contribution < -0.4 is 0 Å². The second-order valence-electron chi connectivity index (χ2n) is 3.13. The SMILES string of the molecule is FC(F)(F)C1COP(OCC(F)(F)C(F)(F)F)O1. The van der Waals surface area contributed by atoms with Crippen LogP contribution in [0.3, 0.4) is 0 Å². The van der Waals surface area contributed by atoms with E-state index in [1.165, 1.54) is 0 Å². The summed E-state index contributed by atoms with van der Waals surface area (Å²) in [4.78, 5) is 0. The summed E-state index contributed by atoms with van der Waals surface area (Å²) in [6, 6.07) is 0. The Morgan fingerprint density at radius 1 is 1.06 bits per heavy atom. The molecule has 108 valence electrons. The van der Waals surface area contributed by atoms with E-state index >= 15 is 0 Å². The van der Waals surface area contributed by atoms with Crippen molar-refractivity contribution in [3.8, 4) is 0 Å². The first-order valence-electron chi connectivity index (χ1n) is 4.17. The van der Waals surface area contributed by atoms with Gasteiger partial charge in [0.1, 0.15) is 6.61 Å². The van der Waals surface area contributed by atoms with Gasteiger partial charge in [-0.15, -0.1) is 0 Å². The van der Waals surface area contributed by atoms with Crippen LogP contribution in [0.4, 0.5) is 35.1 Å². The van der Waals surface area contributed by atoms with Crippen molar-refractivity contribution in [3.63, 3.8) is 0 Å². The zero-order valence-corrected chi connectivity index (χ0v) is 9.08. The van der Waals surface area contributed by atoms with E-state index in [9.17, 15) is 35.1 Å². The summed E-state index contributed by atoms with van der Waals surface area (Å²) in [5, 5.41) is 0. The molecule has 1 heterocycles. The average Bonchev–Trinajstić information content (AvgIpc) is 2.60. The van der Waals surface area contributed by atoms with Crippen LogP contribution in [0.2, 0.25) is 0 Å². The lowest BCUT2D eigenvalue weighted by molar-refractivity contribution is -0.290. The Morgan fingerprint density at radius 2 is 1.61 bits per heavy atom. The molecule has 1 aliphatic rings.